The Balaban J connectivity index is 0.000000312. The second kappa shape index (κ2) is 7.11. The average Bonchev–Trinajstić information content (AvgIpc) is 2.76. The van der Waals surface area contributed by atoms with Gasteiger partial charge in [-0.2, -0.15) is 4.37 Å². The maximum Gasteiger partial charge on any atom is 0.673 e. The number of rotatable bonds is 1. The summed E-state index contributed by atoms with van der Waals surface area (Å²) in [6.45, 7) is 2.10. The summed E-state index contributed by atoms with van der Waals surface area (Å²) in [6, 6.07) is 8.51. The van der Waals surface area contributed by atoms with E-state index in [0.29, 0.717) is 0 Å². The summed E-state index contributed by atoms with van der Waals surface area (Å²) < 4.78 is 44.7. The highest BCUT2D eigenvalue weighted by atomic mass is 32.2. The van der Waals surface area contributed by atoms with Crippen molar-refractivity contribution in [2.75, 3.05) is 6.26 Å². The molecule has 0 aliphatic rings. The molecule has 1 aromatic carbocycles. The van der Waals surface area contributed by atoms with Gasteiger partial charge in [-0.25, -0.2) is 0 Å². The van der Waals surface area contributed by atoms with Crippen LogP contribution < -0.4 is 0 Å². The van der Waals surface area contributed by atoms with Gasteiger partial charge >= 0.3 is 10.4 Å². The van der Waals surface area contributed by atoms with E-state index < -0.39 is 7.25 Å². The van der Waals surface area contributed by atoms with Crippen LogP contribution in [0.3, 0.4) is 0 Å². The SMILES string of the molecule is C[S+]=c1snc(-c2ccc(C)cc2)s1.F[B-](F)(F)F. The summed E-state index contributed by atoms with van der Waals surface area (Å²) in [5.74, 6) is 0. The van der Waals surface area contributed by atoms with E-state index in [9.17, 15) is 17.3 Å². The lowest BCUT2D eigenvalue weighted by Gasteiger charge is -1.94. The van der Waals surface area contributed by atoms with Crippen LogP contribution >= 0.6 is 22.9 Å². The highest BCUT2D eigenvalue weighted by molar-refractivity contribution is 7.74. The van der Waals surface area contributed by atoms with Gasteiger partial charge in [0.15, 0.2) is 6.26 Å². The van der Waals surface area contributed by atoms with Crippen LogP contribution in [0.4, 0.5) is 17.3 Å². The van der Waals surface area contributed by atoms with Crippen LogP contribution in [-0.2, 0) is 11.4 Å². The second-order valence-corrected chi connectivity index (χ2v) is 6.77. The van der Waals surface area contributed by atoms with Crippen molar-refractivity contribution >= 4 is 41.5 Å². The second-order valence-electron chi connectivity index (χ2n) is 3.40. The van der Waals surface area contributed by atoms with Crippen molar-refractivity contribution in [2.45, 2.75) is 6.92 Å². The van der Waals surface area contributed by atoms with E-state index in [1.807, 2.05) is 0 Å². The molecular formula is C10H10BF4NS3. The molecule has 19 heavy (non-hydrogen) atoms. The number of nitrogens with zero attached hydrogens (tertiary/aromatic N) is 1. The van der Waals surface area contributed by atoms with Gasteiger partial charge < -0.3 is 17.3 Å². The molecule has 1 nitrogen and oxygen atoms in total. The average molecular weight is 327 g/mol. The summed E-state index contributed by atoms with van der Waals surface area (Å²) >= 11 is 5.10. The number of benzene rings is 1. The first kappa shape index (κ1) is 16.3. The molecule has 0 amide bonds. The fraction of sp³-hybridized carbons (Fsp3) is 0.200. The van der Waals surface area contributed by atoms with Crippen LogP contribution in [0.1, 0.15) is 5.56 Å². The van der Waals surface area contributed by atoms with Crippen LogP contribution in [0.25, 0.3) is 10.6 Å². The molecule has 0 spiro atoms. The van der Waals surface area contributed by atoms with E-state index in [0.717, 1.165) is 5.01 Å². The molecule has 2 aromatic rings. The molecule has 0 fully saturated rings. The Morgan fingerprint density at radius 2 is 1.63 bits per heavy atom. The topological polar surface area (TPSA) is 12.9 Å². The Kier molecular flexibility index (Phi) is 6.09. The predicted octanol–water partition coefficient (Wildman–Crippen LogP) is 4.72. The van der Waals surface area contributed by atoms with Gasteiger partial charge in [-0.05, 0) is 18.3 Å². The van der Waals surface area contributed by atoms with Crippen molar-refractivity contribution in [2.24, 2.45) is 0 Å². The normalized spacial score (nSPS) is 12.0. The molecule has 0 atom stereocenters. The zero-order valence-electron chi connectivity index (χ0n) is 10.1. The summed E-state index contributed by atoms with van der Waals surface area (Å²) in [5.41, 5.74) is 2.51. The molecule has 0 aliphatic carbocycles. The van der Waals surface area contributed by atoms with Gasteiger partial charge in [0.25, 0.3) is 0 Å². The molecule has 2 rings (SSSR count). The van der Waals surface area contributed by atoms with Crippen molar-refractivity contribution in [3.63, 3.8) is 0 Å². The third-order valence-electron chi connectivity index (χ3n) is 1.85. The van der Waals surface area contributed by atoms with Crippen LogP contribution in [0.2, 0.25) is 0 Å². The Bertz CT molecular complexity index is 567. The number of halogens is 4. The maximum absolute atomic E-state index is 9.75. The maximum atomic E-state index is 9.75. The molecular weight excluding hydrogens is 317 g/mol. The standard InChI is InChI=1S/C10H10NS3.BF4/c1-7-3-5-8(6-4-7)9-11-14-10(12-2)13-9;2-1(3,4)5/h3-6H,1-2H3;/q+1;-1. The van der Waals surface area contributed by atoms with Crippen molar-refractivity contribution in [3.8, 4) is 10.6 Å². The lowest BCUT2D eigenvalue weighted by Crippen LogP contribution is -2.02. The highest BCUT2D eigenvalue weighted by Crippen LogP contribution is 2.24. The molecule has 104 valence electrons. The number of hydrogen-bond donors (Lipinski definition) is 0. The minimum atomic E-state index is -6.00. The first-order valence-corrected chi connectivity index (χ1v) is 7.89. The molecule has 0 aliphatic heterocycles. The molecule has 0 saturated carbocycles. The minimum absolute atomic E-state index is 1.12. The van der Waals surface area contributed by atoms with Crippen LogP contribution in [0, 0.1) is 10.1 Å². The Hall–Kier alpha value is -0.795. The van der Waals surface area contributed by atoms with E-state index in [-0.39, 0.29) is 0 Å². The number of hydrogen-bond acceptors (Lipinski definition) is 3. The fourth-order valence-corrected chi connectivity index (χ4v) is 3.49. The van der Waals surface area contributed by atoms with E-state index >= 15 is 0 Å². The molecule has 0 unspecified atom stereocenters. The zero-order valence-corrected chi connectivity index (χ0v) is 12.5. The largest absolute Gasteiger partial charge is 0.673 e. The Morgan fingerprint density at radius 3 is 2.05 bits per heavy atom. The summed E-state index contributed by atoms with van der Waals surface area (Å²) in [6.07, 6.45) is 2.09. The zero-order chi connectivity index (χ0) is 14.5. The summed E-state index contributed by atoms with van der Waals surface area (Å²) in [4.78, 5) is 0. The van der Waals surface area contributed by atoms with Gasteiger partial charge in [-0.1, -0.05) is 29.8 Å². The Labute approximate surface area is 120 Å². The van der Waals surface area contributed by atoms with E-state index in [4.69, 9.17) is 0 Å². The molecule has 1 aromatic heterocycles. The van der Waals surface area contributed by atoms with Crippen LogP contribution in [0.15, 0.2) is 24.3 Å². The third kappa shape index (κ3) is 6.79. The first-order chi connectivity index (χ1) is 8.79. The minimum Gasteiger partial charge on any atom is -0.418 e. The van der Waals surface area contributed by atoms with E-state index in [1.54, 1.807) is 34.2 Å². The van der Waals surface area contributed by atoms with E-state index in [2.05, 4.69) is 41.8 Å². The van der Waals surface area contributed by atoms with Gasteiger partial charge in [-0.15, -0.1) is 0 Å². The van der Waals surface area contributed by atoms with Gasteiger partial charge in [-0.3, -0.25) is 0 Å². The van der Waals surface area contributed by atoms with Gasteiger partial charge in [0, 0.05) is 17.1 Å². The molecule has 0 bridgehead atoms. The lowest BCUT2D eigenvalue weighted by molar-refractivity contribution is 0.368. The van der Waals surface area contributed by atoms with Crippen molar-refractivity contribution in [1.29, 1.82) is 0 Å². The fourth-order valence-electron chi connectivity index (χ4n) is 1.08. The molecule has 0 radical (unpaired) electrons. The van der Waals surface area contributed by atoms with Gasteiger partial charge in [0.1, 0.15) is 5.01 Å². The number of aromatic nitrogens is 1. The van der Waals surface area contributed by atoms with Gasteiger partial charge in [0.2, 0.25) is 11.4 Å². The van der Waals surface area contributed by atoms with Crippen LogP contribution in [-0.4, -0.2) is 17.9 Å². The van der Waals surface area contributed by atoms with Crippen molar-refractivity contribution in [3.05, 3.63) is 33.0 Å². The van der Waals surface area contributed by atoms with Crippen molar-refractivity contribution < 1.29 is 17.3 Å². The molecule has 0 saturated heterocycles. The van der Waals surface area contributed by atoms with E-state index in [1.165, 1.54) is 14.3 Å². The molecule has 9 heteroatoms. The summed E-state index contributed by atoms with van der Waals surface area (Å²) in [7, 11) is -6.00. The Morgan fingerprint density at radius 1 is 1.11 bits per heavy atom. The highest BCUT2D eigenvalue weighted by Gasteiger charge is 2.20. The first-order valence-electron chi connectivity index (χ1n) is 5.08. The third-order valence-corrected chi connectivity index (χ3v) is 5.35. The quantitative estimate of drug-likeness (QED) is 0.319. The monoisotopic (exact) mass is 327 g/mol. The van der Waals surface area contributed by atoms with Crippen LogP contribution in [0.5, 0.6) is 0 Å². The predicted molar refractivity (Wildman–Crippen MR) is 76.9 cm³/mol. The van der Waals surface area contributed by atoms with Crippen molar-refractivity contribution in [1.82, 2.24) is 4.37 Å². The molecule has 0 N–H and O–H groups in total. The van der Waals surface area contributed by atoms with Gasteiger partial charge in [0.05, 0.1) is 0 Å². The lowest BCUT2D eigenvalue weighted by atomic mass is 10.2. The molecule has 1 heterocycles. The summed E-state index contributed by atoms with van der Waals surface area (Å²) in [5, 5.41) is 1.12. The number of aryl methyl sites for hydroxylation is 1. The smallest absolute Gasteiger partial charge is 0.418 e.